The Bertz CT molecular complexity index is 572. The number of amides is 1. The van der Waals surface area contributed by atoms with Crippen LogP contribution in [0.1, 0.15) is 46.6 Å². The summed E-state index contributed by atoms with van der Waals surface area (Å²) in [6.07, 6.45) is 4.42. The fraction of sp³-hybridized carbons (Fsp3) is 0.579. The number of anilines is 2. The molecular formula is C19H30FN3O. The smallest absolute Gasteiger partial charge is 0.214 e. The molecule has 0 unspecified atom stereocenters. The molecule has 5 heteroatoms. The normalized spacial score (nSPS) is 14.4. The van der Waals surface area contributed by atoms with Gasteiger partial charge in [0.15, 0.2) is 0 Å². The van der Waals surface area contributed by atoms with E-state index >= 15 is 0 Å². The fourth-order valence-electron chi connectivity index (χ4n) is 2.86. The number of aromatic nitrogens is 1. The summed E-state index contributed by atoms with van der Waals surface area (Å²) < 4.78 is 14.1. The van der Waals surface area contributed by atoms with Crippen LogP contribution in [0.15, 0.2) is 17.8 Å². The van der Waals surface area contributed by atoms with Gasteiger partial charge in [0.25, 0.3) is 0 Å². The lowest BCUT2D eigenvalue weighted by molar-refractivity contribution is -0.107. The number of hydrogen-bond donors (Lipinski definition) is 1. The molecule has 1 heterocycles. The molecule has 0 aliphatic rings. The summed E-state index contributed by atoms with van der Waals surface area (Å²) in [4.78, 5) is 17.3. The summed E-state index contributed by atoms with van der Waals surface area (Å²) in [5.41, 5.74) is 2.75. The van der Waals surface area contributed by atoms with Gasteiger partial charge in [-0.15, -0.1) is 0 Å². The number of hydrogen-bond acceptors (Lipinski definition) is 3. The Hall–Kier alpha value is -1.91. The third-order valence-corrected chi connectivity index (χ3v) is 4.17. The molecule has 4 nitrogen and oxygen atoms in total. The van der Waals surface area contributed by atoms with Gasteiger partial charge in [0.1, 0.15) is 12.0 Å². The zero-order chi connectivity index (χ0) is 18.3. The summed E-state index contributed by atoms with van der Waals surface area (Å²) in [5, 5.41) is 2.99. The van der Waals surface area contributed by atoms with Crippen molar-refractivity contribution in [2.24, 2.45) is 11.8 Å². The first kappa shape index (κ1) is 20.1. The second-order valence-corrected chi connectivity index (χ2v) is 6.63. The van der Waals surface area contributed by atoms with E-state index in [-0.39, 0.29) is 11.8 Å². The number of nitrogens with zero attached hydrogens (tertiary/aromatic N) is 2. The molecule has 0 bridgehead atoms. The number of rotatable bonds is 9. The molecule has 0 saturated carbocycles. The van der Waals surface area contributed by atoms with Gasteiger partial charge in [-0.1, -0.05) is 32.4 Å². The average molecular weight is 335 g/mol. The Balaban J connectivity index is 3.09. The third-order valence-electron chi connectivity index (χ3n) is 4.17. The maximum absolute atomic E-state index is 14.1. The van der Waals surface area contributed by atoms with E-state index < -0.39 is 6.17 Å². The summed E-state index contributed by atoms with van der Waals surface area (Å²) in [5.74, 6) is 0.685. The van der Waals surface area contributed by atoms with Crippen molar-refractivity contribution >= 4 is 24.0 Å². The average Bonchev–Trinajstić information content (AvgIpc) is 2.56. The van der Waals surface area contributed by atoms with Crippen molar-refractivity contribution in [2.45, 2.75) is 47.2 Å². The first-order valence-electron chi connectivity index (χ1n) is 8.54. The topological polar surface area (TPSA) is 45.2 Å². The number of halogens is 1. The van der Waals surface area contributed by atoms with E-state index in [9.17, 15) is 9.18 Å². The van der Waals surface area contributed by atoms with Gasteiger partial charge in [-0.2, -0.15) is 0 Å². The first-order valence-corrected chi connectivity index (χ1v) is 8.54. The van der Waals surface area contributed by atoms with Gasteiger partial charge in [-0.05, 0) is 32.1 Å². The maximum Gasteiger partial charge on any atom is 0.214 e. The lowest BCUT2D eigenvalue weighted by atomic mass is 9.90. The Morgan fingerprint density at radius 1 is 1.42 bits per heavy atom. The molecule has 0 saturated heterocycles. The van der Waals surface area contributed by atoms with Crippen LogP contribution in [0.4, 0.5) is 15.9 Å². The van der Waals surface area contributed by atoms with Crippen LogP contribution in [0.3, 0.4) is 0 Å². The number of allylic oxidation sites excluding steroid dienone is 1. The minimum absolute atomic E-state index is 0.0191. The molecule has 2 atom stereocenters. The number of carbonyl (C=O) groups excluding carboxylic acids is 1. The van der Waals surface area contributed by atoms with Crippen molar-refractivity contribution in [3.05, 3.63) is 23.4 Å². The lowest BCUT2D eigenvalue weighted by Gasteiger charge is -2.21. The highest BCUT2D eigenvalue weighted by Crippen LogP contribution is 2.28. The van der Waals surface area contributed by atoms with Crippen LogP contribution in [0.5, 0.6) is 0 Å². The third kappa shape index (κ3) is 5.32. The van der Waals surface area contributed by atoms with Crippen LogP contribution in [-0.4, -0.2) is 31.2 Å². The summed E-state index contributed by atoms with van der Waals surface area (Å²) in [6, 6.07) is 1.85. The molecule has 1 rings (SSSR count). The Morgan fingerprint density at radius 2 is 2.08 bits per heavy atom. The van der Waals surface area contributed by atoms with Gasteiger partial charge in [-0.3, -0.25) is 4.79 Å². The number of alkyl halides is 1. The quantitative estimate of drug-likeness (QED) is 0.674. The molecule has 0 radical (unpaired) electrons. The minimum atomic E-state index is -0.820. The molecule has 24 heavy (non-hydrogen) atoms. The summed E-state index contributed by atoms with van der Waals surface area (Å²) in [7, 11) is 1.79. The fourth-order valence-corrected chi connectivity index (χ4v) is 2.86. The Kier molecular flexibility index (Phi) is 7.89. The predicted octanol–water partition coefficient (Wildman–Crippen LogP) is 4.53. The van der Waals surface area contributed by atoms with Crippen molar-refractivity contribution in [1.29, 1.82) is 0 Å². The maximum atomic E-state index is 14.1. The van der Waals surface area contributed by atoms with Gasteiger partial charge in [0.2, 0.25) is 6.41 Å². The van der Waals surface area contributed by atoms with Crippen LogP contribution in [0, 0.1) is 11.8 Å². The molecule has 0 aromatic carbocycles. The lowest BCUT2D eigenvalue weighted by Crippen LogP contribution is -2.21. The highest BCUT2D eigenvalue weighted by Gasteiger charge is 2.20. The van der Waals surface area contributed by atoms with Crippen LogP contribution in [0.2, 0.25) is 0 Å². The molecule has 0 aliphatic carbocycles. The summed E-state index contributed by atoms with van der Waals surface area (Å²) in [6.45, 7) is 10.2. The largest absolute Gasteiger partial charge is 0.373 e. The second-order valence-electron chi connectivity index (χ2n) is 6.63. The van der Waals surface area contributed by atoms with Gasteiger partial charge in [-0.25, -0.2) is 9.37 Å². The number of carbonyl (C=O) groups is 1. The zero-order valence-corrected chi connectivity index (χ0v) is 15.6. The molecule has 134 valence electrons. The van der Waals surface area contributed by atoms with Crippen LogP contribution in [0.25, 0.3) is 6.08 Å². The van der Waals surface area contributed by atoms with Gasteiger partial charge < -0.3 is 10.2 Å². The number of pyridine rings is 1. The predicted molar refractivity (Wildman–Crippen MR) is 100 cm³/mol. The van der Waals surface area contributed by atoms with Crippen molar-refractivity contribution < 1.29 is 9.18 Å². The van der Waals surface area contributed by atoms with Crippen LogP contribution < -0.4 is 10.2 Å². The SMILES string of the molecule is CCN(C=O)c1cc(NC)ncc1/C=C(\C)C[C@@H](C)[C@H](F)C(C)C. The highest BCUT2D eigenvalue weighted by atomic mass is 19.1. The van der Waals surface area contributed by atoms with E-state index in [4.69, 9.17) is 0 Å². The monoisotopic (exact) mass is 335 g/mol. The van der Waals surface area contributed by atoms with Crippen molar-refractivity contribution in [3.63, 3.8) is 0 Å². The van der Waals surface area contributed by atoms with E-state index in [0.29, 0.717) is 18.8 Å². The molecule has 0 fully saturated rings. The van der Waals surface area contributed by atoms with E-state index in [2.05, 4.69) is 10.3 Å². The highest BCUT2D eigenvalue weighted by molar-refractivity contribution is 5.82. The molecule has 1 aromatic rings. The van der Waals surface area contributed by atoms with Crippen molar-refractivity contribution in [1.82, 2.24) is 4.98 Å². The van der Waals surface area contributed by atoms with Gasteiger partial charge in [0, 0.05) is 31.4 Å². The second kappa shape index (κ2) is 9.40. The van der Waals surface area contributed by atoms with Gasteiger partial charge in [0.05, 0.1) is 5.69 Å². The van der Waals surface area contributed by atoms with E-state index in [1.807, 2.05) is 46.8 Å². The van der Waals surface area contributed by atoms with E-state index in [1.165, 1.54) is 0 Å². The minimum Gasteiger partial charge on any atom is -0.373 e. The van der Waals surface area contributed by atoms with Crippen molar-refractivity contribution in [3.8, 4) is 0 Å². The first-order chi connectivity index (χ1) is 11.3. The molecule has 1 N–H and O–H groups in total. The van der Waals surface area contributed by atoms with E-state index in [1.54, 1.807) is 18.1 Å². The van der Waals surface area contributed by atoms with Gasteiger partial charge >= 0.3 is 0 Å². The molecular weight excluding hydrogens is 305 g/mol. The van der Waals surface area contributed by atoms with Crippen LogP contribution >= 0.6 is 0 Å². The molecule has 0 spiro atoms. The van der Waals surface area contributed by atoms with E-state index in [0.717, 1.165) is 23.2 Å². The molecule has 1 amide bonds. The molecule has 0 aliphatic heterocycles. The van der Waals surface area contributed by atoms with Crippen molar-refractivity contribution in [2.75, 3.05) is 23.8 Å². The standard InChI is InChI=1S/C19H30FN3O/c1-7-23(12-24)17-10-18(21-6)22-11-16(17)9-14(4)8-15(5)19(20)13(2)3/h9-13,15,19H,7-8H2,1-6H3,(H,21,22)/b14-9+/t15-,19-/m1/s1. The Labute approximate surface area is 145 Å². The Morgan fingerprint density at radius 3 is 2.58 bits per heavy atom. The summed E-state index contributed by atoms with van der Waals surface area (Å²) >= 11 is 0. The van der Waals surface area contributed by atoms with Crippen LogP contribution in [-0.2, 0) is 4.79 Å². The molecule has 1 aromatic heterocycles. The zero-order valence-electron chi connectivity index (χ0n) is 15.6. The number of nitrogens with one attached hydrogen (secondary N) is 1.